The molecular weight excluding hydrogens is 270 g/mol. The van der Waals surface area contributed by atoms with Crippen molar-refractivity contribution in [3.63, 3.8) is 0 Å². The Labute approximate surface area is 138 Å². The Hall–Kier alpha value is -0.120. The maximum absolute atomic E-state index is 3.48. The topological polar surface area (TPSA) is 18.5 Å². The average Bonchev–Trinajstić information content (AvgIpc) is 2.59. The number of hydrogen-bond acceptors (Lipinski definition) is 3. The zero-order valence-electron chi connectivity index (χ0n) is 15.5. The molecule has 2 rings (SSSR count). The monoisotopic (exact) mass is 309 g/mol. The molecule has 0 amide bonds. The molecule has 2 aliphatic rings. The lowest BCUT2D eigenvalue weighted by Gasteiger charge is -2.41. The second kappa shape index (κ2) is 9.24. The fourth-order valence-corrected chi connectivity index (χ4v) is 4.47. The van der Waals surface area contributed by atoms with Crippen LogP contribution in [-0.4, -0.2) is 61.2 Å². The summed E-state index contributed by atoms with van der Waals surface area (Å²) in [5.74, 6) is 1.80. The molecule has 0 spiro atoms. The molecule has 0 radical (unpaired) electrons. The Balaban J connectivity index is 1.85. The third kappa shape index (κ3) is 4.94. The van der Waals surface area contributed by atoms with E-state index in [0.29, 0.717) is 0 Å². The highest BCUT2D eigenvalue weighted by atomic mass is 15.2. The van der Waals surface area contributed by atoms with Gasteiger partial charge in [0.1, 0.15) is 0 Å². The van der Waals surface area contributed by atoms with Crippen molar-refractivity contribution < 1.29 is 0 Å². The molecule has 0 aromatic heterocycles. The van der Waals surface area contributed by atoms with E-state index in [4.69, 9.17) is 0 Å². The second-order valence-corrected chi connectivity index (χ2v) is 7.69. The van der Waals surface area contributed by atoms with Gasteiger partial charge in [0.2, 0.25) is 0 Å². The number of hydrogen-bond donors (Lipinski definition) is 1. The molecule has 0 aromatic carbocycles. The molecule has 130 valence electrons. The van der Waals surface area contributed by atoms with Gasteiger partial charge in [-0.2, -0.15) is 0 Å². The zero-order valence-corrected chi connectivity index (χ0v) is 15.5. The molecule has 2 saturated heterocycles. The molecular formula is C19H39N3. The first kappa shape index (κ1) is 18.2. The number of nitrogens with zero attached hydrogens (tertiary/aromatic N) is 2. The summed E-state index contributed by atoms with van der Waals surface area (Å²) in [4.78, 5) is 5.47. The minimum absolute atomic E-state index is 0.756. The predicted octanol–water partition coefficient (Wildman–Crippen LogP) is 3.21. The van der Waals surface area contributed by atoms with Crippen molar-refractivity contribution >= 4 is 0 Å². The van der Waals surface area contributed by atoms with Crippen LogP contribution < -0.4 is 5.32 Å². The van der Waals surface area contributed by atoms with Crippen LogP contribution in [0.25, 0.3) is 0 Å². The molecule has 2 aliphatic heterocycles. The Kier molecular flexibility index (Phi) is 7.66. The van der Waals surface area contributed by atoms with E-state index in [-0.39, 0.29) is 0 Å². The van der Waals surface area contributed by atoms with Gasteiger partial charge in [-0.15, -0.1) is 0 Å². The van der Waals surface area contributed by atoms with Crippen LogP contribution in [0.15, 0.2) is 0 Å². The van der Waals surface area contributed by atoms with E-state index in [9.17, 15) is 0 Å². The average molecular weight is 310 g/mol. The van der Waals surface area contributed by atoms with Crippen LogP contribution in [0.2, 0.25) is 0 Å². The van der Waals surface area contributed by atoms with Crippen LogP contribution in [-0.2, 0) is 0 Å². The Morgan fingerprint density at radius 2 is 1.73 bits per heavy atom. The highest BCUT2D eigenvalue weighted by Gasteiger charge is 2.29. The van der Waals surface area contributed by atoms with Gasteiger partial charge in [-0.1, -0.05) is 20.3 Å². The third-order valence-corrected chi connectivity index (χ3v) is 6.33. The Morgan fingerprint density at radius 3 is 2.36 bits per heavy atom. The molecule has 3 heteroatoms. The maximum Gasteiger partial charge on any atom is 0.0110 e. The van der Waals surface area contributed by atoms with E-state index < -0.39 is 0 Å². The van der Waals surface area contributed by atoms with E-state index >= 15 is 0 Å². The molecule has 0 aliphatic carbocycles. The smallest absolute Gasteiger partial charge is 0.0110 e. The summed E-state index contributed by atoms with van der Waals surface area (Å²) >= 11 is 0. The second-order valence-electron chi connectivity index (χ2n) is 7.69. The number of piperidine rings is 1. The molecule has 22 heavy (non-hydrogen) atoms. The highest BCUT2D eigenvalue weighted by molar-refractivity contribution is 4.83. The summed E-state index contributed by atoms with van der Waals surface area (Å²) in [6.07, 6.45) is 6.94. The van der Waals surface area contributed by atoms with E-state index in [2.05, 4.69) is 42.8 Å². The molecule has 0 bridgehead atoms. The van der Waals surface area contributed by atoms with E-state index in [1.165, 1.54) is 71.4 Å². The first-order chi connectivity index (χ1) is 10.7. The predicted molar refractivity (Wildman–Crippen MR) is 96.4 cm³/mol. The van der Waals surface area contributed by atoms with Gasteiger partial charge >= 0.3 is 0 Å². The Morgan fingerprint density at radius 1 is 1.00 bits per heavy atom. The normalized spacial score (nSPS) is 29.2. The van der Waals surface area contributed by atoms with Gasteiger partial charge in [-0.05, 0) is 57.9 Å². The summed E-state index contributed by atoms with van der Waals surface area (Å²) < 4.78 is 0. The maximum atomic E-state index is 3.48. The van der Waals surface area contributed by atoms with Crippen molar-refractivity contribution in [2.45, 2.75) is 71.9 Å². The molecule has 1 N–H and O–H groups in total. The summed E-state index contributed by atoms with van der Waals surface area (Å²) in [5, 5.41) is 3.48. The SMILES string of the molecule is CCC(CC1CCCN(C(C)CC)C1)C(C)N1CCNCC1. The van der Waals surface area contributed by atoms with Crippen molar-refractivity contribution in [1.29, 1.82) is 0 Å². The van der Waals surface area contributed by atoms with Crippen LogP contribution in [0.3, 0.4) is 0 Å². The molecule has 0 aromatic rings. The van der Waals surface area contributed by atoms with Crippen LogP contribution in [0.5, 0.6) is 0 Å². The lowest BCUT2D eigenvalue weighted by Crippen LogP contribution is -2.50. The first-order valence-electron chi connectivity index (χ1n) is 9.84. The van der Waals surface area contributed by atoms with Crippen LogP contribution >= 0.6 is 0 Å². The molecule has 4 atom stereocenters. The highest BCUT2D eigenvalue weighted by Crippen LogP contribution is 2.29. The van der Waals surface area contributed by atoms with Crippen LogP contribution in [0.1, 0.15) is 59.8 Å². The standard InChI is InChI=1S/C19H39N3/c1-5-16(3)22-11-7-8-18(15-22)14-19(6-2)17(4)21-12-9-20-10-13-21/h16-20H,5-15H2,1-4H3. The van der Waals surface area contributed by atoms with Gasteiger partial charge < -0.3 is 10.2 Å². The Bertz CT molecular complexity index is 301. The van der Waals surface area contributed by atoms with Crippen molar-refractivity contribution in [3.05, 3.63) is 0 Å². The largest absolute Gasteiger partial charge is 0.314 e. The van der Waals surface area contributed by atoms with Crippen molar-refractivity contribution in [3.8, 4) is 0 Å². The van der Waals surface area contributed by atoms with E-state index in [1.54, 1.807) is 0 Å². The molecule has 2 heterocycles. The van der Waals surface area contributed by atoms with Crippen molar-refractivity contribution in [2.75, 3.05) is 39.3 Å². The summed E-state index contributed by atoms with van der Waals surface area (Å²) in [6, 6.07) is 1.53. The van der Waals surface area contributed by atoms with Crippen molar-refractivity contribution in [2.24, 2.45) is 11.8 Å². The summed E-state index contributed by atoms with van der Waals surface area (Å²) in [7, 11) is 0. The van der Waals surface area contributed by atoms with Gasteiger partial charge in [0.25, 0.3) is 0 Å². The van der Waals surface area contributed by atoms with E-state index in [0.717, 1.165) is 23.9 Å². The third-order valence-electron chi connectivity index (χ3n) is 6.33. The summed E-state index contributed by atoms with van der Waals surface area (Å²) in [6.45, 7) is 17.1. The quantitative estimate of drug-likeness (QED) is 0.779. The minimum Gasteiger partial charge on any atom is -0.314 e. The zero-order chi connectivity index (χ0) is 15.9. The van der Waals surface area contributed by atoms with E-state index in [1.807, 2.05) is 0 Å². The summed E-state index contributed by atoms with van der Waals surface area (Å²) in [5.41, 5.74) is 0. The van der Waals surface area contributed by atoms with Gasteiger partial charge in [-0.25, -0.2) is 0 Å². The lowest BCUT2D eigenvalue weighted by atomic mass is 9.82. The fraction of sp³-hybridized carbons (Fsp3) is 1.00. The molecule has 2 fully saturated rings. The van der Waals surface area contributed by atoms with Crippen LogP contribution in [0, 0.1) is 11.8 Å². The number of likely N-dealkylation sites (tertiary alicyclic amines) is 1. The lowest BCUT2D eigenvalue weighted by molar-refractivity contribution is 0.0841. The van der Waals surface area contributed by atoms with Crippen LogP contribution in [0.4, 0.5) is 0 Å². The van der Waals surface area contributed by atoms with Crippen molar-refractivity contribution in [1.82, 2.24) is 15.1 Å². The first-order valence-corrected chi connectivity index (χ1v) is 9.84. The van der Waals surface area contributed by atoms with Gasteiger partial charge in [-0.3, -0.25) is 4.90 Å². The minimum atomic E-state index is 0.756. The number of rotatable bonds is 7. The fourth-order valence-electron chi connectivity index (χ4n) is 4.47. The number of nitrogens with one attached hydrogen (secondary N) is 1. The molecule has 0 saturated carbocycles. The molecule has 4 unspecified atom stereocenters. The van der Waals surface area contributed by atoms with Gasteiger partial charge in [0, 0.05) is 44.8 Å². The van der Waals surface area contributed by atoms with Gasteiger partial charge in [0.15, 0.2) is 0 Å². The van der Waals surface area contributed by atoms with Gasteiger partial charge in [0.05, 0.1) is 0 Å². The molecule has 3 nitrogen and oxygen atoms in total. The number of piperazine rings is 1.